The third-order valence-electron chi connectivity index (χ3n) is 4.16. The van der Waals surface area contributed by atoms with Gasteiger partial charge in [0.2, 0.25) is 5.91 Å². The monoisotopic (exact) mass is 379 g/mol. The highest BCUT2D eigenvalue weighted by molar-refractivity contribution is 7.14. The van der Waals surface area contributed by atoms with Crippen LogP contribution in [0.1, 0.15) is 12.5 Å². The van der Waals surface area contributed by atoms with Crippen LogP contribution in [-0.4, -0.2) is 22.9 Å². The number of nitrogens with one attached hydrogen (secondary N) is 2. The van der Waals surface area contributed by atoms with Crippen molar-refractivity contribution in [3.63, 3.8) is 0 Å². The van der Waals surface area contributed by atoms with Crippen LogP contribution in [0.15, 0.2) is 53.9 Å². The second-order valence-corrected chi connectivity index (χ2v) is 7.07. The summed E-state index contributed by atoms with van der Waals surface area (Å²) in [6, 6.07) is 15.1. The van der Waals surface area contributed by atoms with E-state index < -0.39 is 6.10 Å². The van der Waals surface area contributed by atoms with Crippen LogP contribution in [0.25, 0.3) is 11.3 Å². The molecule has 7 heteroatoms. The first-order valence-electron chi connectivity index (χ1n) is 8.50. The summed E-state index contributed by atoms with van der Waals surface area (Å²) in [5.41, 5.74) is 3.14. The predicted molar refractivity (Wildman–Crippen MR) is 105 cm³/mol. The summed E-state index contributed by atoms with van der Waals surface area (Å²) < 4.78 is 5.56. The standard InChI is InChI=1S/C20H17N3O3S/c1-12-19(25)21-15-10-14(7-8-17(15)26-12)16-11-27-20(22-16)23-18(24)9-13-5-3-2-4-6-13/h2-8,10-12H,9H2,1H3,(H,21,25)(H,22,23,24). The summed E-state index contributed by atoms with van der Waals surface area (Å²) in [6.45, 7) is 1.71. The fourth-order valence-corrected chi connectivity index (χ4v) is 3.51. The SMILES string of the molecule is CC1Oc2ccc(-c3csc(NC(=O)Cc4ccccc4)n3)cc2NC1=O. The smallest absolute Gasteiger partial charge is 0.265 e. The van der Waals surface area contributed by atoms with Crippen LogP contribution in [-0.2, 0) is 16.0 Å². The Morgan fingerprint density at radius 3 is 2.89 bits per heavy atom. The molecule has 3 aromatic rings. The molecule has 0 radical (unpaired) electrons. The summed E-state index contributed by atoms with van der Waals surface area (Å²) in [5.74, 6) is 0.353. The van der Waals surface area contributed by atoms with E-state index in [2.05, 4.69) is 15.6 Å². The van der Waals surface area contributed by atoms with E-state index in [0.29, 0.717) is 23.0 Å². The number of fused-ring (bicyclic) bond motifs is 1. The Kier molecular flexibility index (Phi) is 4.60. The lowest BCUT2D eigenvalue weighted by molar-refractivity contribution is -0.122. The van der Waals surface area contributed by atoms with Gasteiger partial charge in [0.05, 0.1) is 17.8 Å². The van der Waals surface area contributed by atoms with Gasteiger partial charge >= 0.3 is 0 Å². The molecule has 1 aliphatic rings. The van der Waals surface area contributed by atoms with Gasteiger partial charge in [-0.25, -0.2) is 4.98 Å². The number of amides is 2. The molecule has 136 valence electrons. The second kappa shape index (κ2) is 7.20. The van der Waals surface area contributed by atoms with Gasteiger partial charge in [0.15, 0.2) is 11.2 Å². The van der Waals surface area contributed by atoms with E-state index in [1.54, 1.807) is 6.92 Å². The van der Waals surface area contributed by atoms with Crippen molar-refractivity contribution in [2.24, 2.45) is 0 Å². The maximum absolute atomic E-state index is 12.2. The average molecular weight is 379 g/mol. The maximum atomic E-state index is 12.2. The van der Waals surface area contributed by atoms with E-state index in [9.17, 15) is 9.59 Å². The lowest BCUT2D eigenvalue weighted by Gasteiger charge is -2.23. The van der Waals surface area contributed by atoms with Gasteiger partial charge in [0, 0.05) is 10.9 Å². The number of benzene rings is 2. The predicted octanol–water partition coefficient (Wildman–Crippen LogP) is 3.71. The second-order valence-electron chi connectivity index (χ2n) is 6.21. The van der Waals surface area contributed by atoms with Crippen molar-refractivity contribution in [3.05, 3.63) is 59.5 Å². The number of nitrogens with zero attached hydrogens (tertiary/aromatic N) is 1. The molecule has 2 heterocycles. The van der Waals surface area contributed by atoms with Gasteiger partial charge in [-0.3, -0.25) is 9.59 Å². The quantitative estimate of drug-likeness (QED) is 0.724. The van der Waals surface area contributed by atoms with Crippen molar-refractivity contribution < 1.29 is 14.3 Å². The Morgan fingerprint density at radius 1 is 1.26 bits per heavy atom. The molecule has 1 aromatic heterocycles. The van der Waals surface area contributed by atoms with Gasteiger partial charge < -0.3 is 15.4 Å². The molecule has 0 saturated carbocycles. The fraction of sp³-hybridized carbons (Fsp3) is 0.150. The Hall–Kier alpha value is -3.19. The van der Waals surface area contributed by atoms with E-state index in [0.717, 1.165) is 16.8 Å². The molecule has 4 rings (SSSR count). The number of thiazole rings is 1. The molecule has 0 spiro atoms. The van der Waals surface area contributed by atoms with Crippen molar-refractivity contribution in [2.75, 3.05) is 10.6 Å². The number of aromatic nitrogens is 1. The molecule has 0 bridgehead atoms. The zero-order chi connectivity index (χ0) is 18.8. The normalized spacial score (nSPS) is 15.4. The highest BCUT2D eigenvalue weighted by atomic mass is 32.1. The van der Waals surface area contributed by atoms with Gasteiger partial charge in [-0.2, -0.15) is 0 Å². The molecule has 6 nitrogen and oxygen atoms in total. The number of ether oxygens (including phenoxy) is 1. The van der Waals surface area contributed by atoms with Crippen LogP contribution in [0.3, 0.4) is 0 Å². The molecular weight excluding hydrogens is 362 g/mol. The topological polar surface area (TPSA) is 80.3 Å². The molecule has 0 saturated heterocycles. The summed E-state index contributed by atoms with van der Waals surface area (Å²) in [4.78, 5) is 28.4. The molecule has 1 aliphatic heterocycles. The molecule has 1 atom stereocenters. The number of carbonyl (C=O) groups excluding carboxylic acids is 2. The first-order chi connectivity index (χ1) is 13.1. The lowest BCUT2D eigenvalue weighted by Crippen LogP contribution is -2.34. The van der Waals surface area contributed by atoms with Crippen LogP contribution < -0.4 is 15.4 Å². The number of hydrogen-bond acceptors (Lipinski definition) is 5. The first-order valence-corrected chi connectivity index (χ1v) is 9.38. The summed E-state index contributed by atoms with van der Waals surface area (Å²) in [7, 11) is 0. The van der Waals surface area contributed by atoms with Crippen LogP contribution in [0.2, 0.25) is 0 Å². The Balaban J connectivity index is 1.47. The van der Waals surface area contributed by atoms with E-state index in [-0.39, 0.29) is 11.8 Å². The summed E-state index contributed by atoms with van der Waals surface area (Å²) in [5, 5.41) is 8.07. The van der Waals surface area contributed by atoms with Crippen molar-refractivity contribution in [1.29, 1.82) is 0 Å². The number of anilines is 2. The van der Waals surface area contributed by atoms with Gasteiger partial charge in [0.25, 0.3) is 5.91 Å². The molecule has 2 aromatic carbocycles. The van der Waals surface area contributed by atoms with Gasteiger partial charge in [-0.1, -0.05) is 30.3 Å². The minimum absolute atomic E-state index is 0.109. The zero-order valence-electron chi connectivity index (χ0n) is 14.6. The van der Waals surface area contributed by atoms with E-state index >= 15 is 0 Å². The number of rotatable bonds is 4. The fourth-order valence-electron chi connectivity index (χ4n) is 2.78. The third-order valence-corrected chi connectivity index (χ3v) is 4.92. The highest BCUT2D eigenvalue weighted by Gasteiger charge is 2.23. The average Bonchev–Trinajstić information content (AvgIpc) is 3.11. The zero-order valence-corrected chi connectivity index (χ0v) is 15.4. The first kappa shape index (κ1) is 17.2. The largest absolute Gasteiger partial charge is 0.479 e. The molecule has 0 aliphatic carbocycles. The van der Waals surface area contributed by atoms with E-state index in [1.165, 1.54) is 11.3 Å². The highest BCUT2D eigenvalue weighted by Crippen LogP contribution is 2.34. The van der Waals surface area contributed by atoms with E-state index in [1.807, 2.05) is 53.9 Å². The lowest BCUT2D eigenvalue weighted by atomic mass is 10.1. The Labute approximate surface area is 160 Å². The van der Waals surface area contributed by atoms with Crippen molar-refractivity contribution in [1.82, 2.24) is 4.98 Å². The molecule has 1 unspecified atom stereocenters. The summed E-state index contributed by atoms with van der Waals surface area (Å²) in [6.07, 6.45) is -0.204. The van der Waals surface area contributed by atoms with Gasteiger partial charge in [-0.15, -0.1) is 11.3 Å². The van der Waals surface area contributed by atoms with Gasteiger partial charge in [0.1, 0.15) is 5.75 Å². The summed E-state index contributed by atoms with van der Waals surface area (Å²) >= 11 is 1.36. The molecule has 2 amide bonds. The van der Waals surface area contributed by atoms with Crippen LogP contribution in [0, 0.1) is 0 Å². The third kappa shape index (κ3) is 3.83. The van der Waals surface area contributed by atoms with E-state index in [4.69, 9.17) is 4.74 Å². The van der Waals surface area contributed by atoms with Crippen LogP contribution in [0.4, 0.5) is 10.8 Å². The van der Waals surface area contributed by atoms with Crippen molar-refractivity contribution in [3.8, 4) is 17.0 Å². The minimum atomic E-state index is -0.506. The Bertz CT molecular complexity index is 1000. The van der Waals surface area contributed by atoms with Crippen molar-refractivity contribution in [2.45, 2.75) is 19.4 Å². The van der Waals surface area contributed by atoms with Crippen LogP contribution >= 0.6 is 11.3 Å². The Morgan fingerprint density at radius 2 is 2.07 bits per heavy atom. The molecule has 27 heavy (non-hydrogen) atoms. The number of carbonyl (C=O) groups is 2. The van der Waals surface area contributed by atoms with Crippen molar-refractivity contribution >= 4 is 34.0 Å². The molecule has 2 N–H and O–H groups in total. The minimum Gasteiger partial charge on any atom is -0.479 e. The maximum Gasteiger partial charge on any atom is 0.265 e. The van der Waals surface area contributed by atoms with Gasteiger partial charge in [-0.05, 0) is 30.7 Å². The van der Waals surface area contributed by atoms with Crippen LogP contribution in [0.5, 0.6) is 5.75 Å². The molecule has 0 fully saturated rings. The molecular formula is C20H17N3O3S. The number of hydrogen-bond donors (Lipinski definition) is 2.